The summed E-state index contributed by atoms with van der Waals surface area (Å²) in [6.07, 6.45) is 0.0469. The Hall–Kier alpha value is -2.22. The molecule has 4 nitrogen and oxygen atoms in total. The van der Waals surface area contributed by atoms with Gasteiger partial charge in [-0.05, 0) is 53.2 Å². The van der Waals surface area contributed by atoms with Crippen LogP contribution in [0.1, 0.15) is 19.8 Å². The zero-order valence-electron chi connectivity index (χ0n) is 15.1. The summed E-state index contributed by atoms with van der Waals surface area (Å²) in [5.74, 6) is -1.62. The molecule has 0 N–H and O–H groups in total. The van der Waals surface area contributed by atoms with Gasteiger partial charge >= 0.3 is 0 Å². The molecule has 28 heavy (non-hydrogen) atoms. The minimum Gasteiger partial charge on any atom is -0.487 e. The topological polar surface area (TPSA) is 38.8 Å². The fourth-order valence-corrected chi connectivity index (χ4v) is 3.46. The van der Waals surface area contributed by atoms with Crippen molar-refractivity contribution < 1.29 is 27.4 Å². The lowest BCUT2D eigenvalue weighted by molar-refractivity contribution is -0.139. The molecule has 150 valence electrons. The van der Waals surface area contributed by atoms with Gasteiger partial charge in [-0.1, -0.05) is 0 Å². The number of benzene rings is 2. The van der Waals surface area contributed by atoms with Crippen LogP contribution in [0.2, 0.25) is 0 Å². The van der Waals surface area contributed by atoms with Crippen LogP contribution in [0.4, 0.5) is 13.2 Å². The van der Waals surface area contributed by atoms with Crippen LogP contribution >= 0.6 is 15.9 Å². The summed E-state index contributed by atoms with van der Waals surface area (Å²) in [6, 6.07) is 7.17. The lowest BCUT2D eigenvalue weighted by Crippen LogP contribution is -2.46. The number of amides is 1. The van der Waals surface area contributed by atoms with Gasteiger partial charge in [0.15, 0.2) is 17.7 Å². The van der Waals surface area contributed by atoms with Crippen molar-refractivity contribution in [3.63, 3.8) is 0 Å². The zero-order valence-corrected chi connectivity index (χ0v) is 16.7. The second kappa shape index (κ2) is 8.86. The Labute approximate surface area is 169 Å². The van der Waals surface area contributed by atoms with E-state index >= 15 is 0 Å². The number of piperidine rings is 1. The Balaban J connectivity index is 1.52. The Morgan fingerprint density at radius 2 is 1.68 bits per heavy atom. The molecule has 8 heteroatoms. The molecule has 0 radical (unpaired) electrons. The van der Waals surface area contributed by atoms with Gasteiger partial charge in [-0.2, -0.15) is 0 Å². The van der Waals surface area contributed by atoms with Crippen LogP contribution in [0.15, 0.2) is 40.9 Å². The molecule has 2 aromatic carbocycles. The summed E-state index contributed by atoms with van der Waals surface area (Å²) in [5, 5.41) is 0. The minimum atomic E-state index is -0.745. The Morgan fingerprint density at radius 3 is 2.29 bits per heavy atom. The Kier molecular flexibility index (Phi) is 6.49. The summed E-state index contributed by atoms with van der Waals surface area (Å²) >= 11 is 3.21. The monoisotopic (exact) mass is 457 g/mol. The first-order chi connectivity index (χ1) is 13.3. The van der Waals surface area contributed by atoms with E-state index in [4.69, 9.17) is 9.47 Å². The normalized spacial score (nSPS) is 16.0. The number of carbonyl (C=O) groups excluding carboxylic acids is 1. The molecule has 2 aromatic rings. The van der Waals surface area contributed by atoms with Crippen molar-refractivity contribution in [3.8, 4) is 11.5 Å². The average Bonchev–Trinajstić information content (AvgIpc) is 2.66. The highest BCUT2D eigenvalue weighted by atomic mass is 79.9. The zero-order chi connectivity index (χ0) is 20.3. The number of nitrogens with zero attached hydrogens (tertiary/aromatic N) is 1. The predicted octanol–water partition coefficient (Wildman–Crippen LogP) is 4.70. The highest BCUT2D eigenvalue weighted by molar-refractivity contribution is 9.10. The molecular weight excluding hydrogens is 439 g/mol. The largest absolute Gasteiger partial charge is 0.487 e. The van der Waals surface area contributed by atoms with Crippen LogP contribution in [0.3, 0.4) is 0 Å². The third-order valence-corrected chi connectivity index (χ3v) is 5.11. The standard InChI is InChI=1S/C20H19BrF3NO3/c1-12(27-18-4-2-13(22)10-16(18)21)20(26)25-8-6-15(7-9-25)28-19-5-3-14(23)11-17(19)24/h2-5,10-12,15H,6-9H2,1H3. The molecular formula is C20H19BrF3NO3. The van der Waals surface area contributed by atoms with Crippen LogP contribution < -0.4 is 9.47 Å². The van der Waals surface area contributed by atoms with E-state index in [-0.39, 0.29) is 17.8 Å². The van der Waals surface area contributed by atoms with Gasteiger partial charge in [0.05, 0.1) is 4.47 Å². The van der Waals surface area contributed by atoms with Crippen molar-refractivity contribution in [3.05, 3.63) is 58.3 Å². The molecule has 0 aliphatic carbocycles. The number of hydrogen-bond acceptors (Lipinski definition) is 3. The highest BCUT2D eigenvalue weighted by Gasteiger charge is 2.28. The summed E-state index contributed by atoms with van der Waals surface area (Å²) < 4.78 is 51.5. The molecule has 0 bridgehead atoms. The van der Waals surface area contributed by atoms with Gasteiger partial charge < -0.3 is 14.4 Å². The van der Waals surface area contributed by atoms with Crippen molar-refractivity contribution in [2.24, 2.45) is 0 Å². The lowest BCUT2D eigenvalue weighted by Gasteiger charge is -2.33. The summed E-state index contributed by atoms with van der Waals surface area (Å²) in [4.78, 5) is 14.3. The lowest BCUT2D eigenvalue weighted by atomic mass is 10.1. The maximum atomic E-state index is 13.7. The first kappa shape index (κ1) is 20.5. The molecule has 1 heterocycles. The molecule has 1 aliphatic rings. The molecule has 1 saturated heterocycles. The van der Waals surface area contributed by atoms with E-state index in [0.29, 0.717) is 36.2 Å². The fourth-order valence-electron chi connectivity index (χ4n) is 3.01. The number of hydrogen-bond donors (Lipinski definition) is 0. The third-order valence-electron chi connectivity index (χ3n) is 4.49. The second-order valence-electron chi connectivity index (χ2n) is 6.55. The van der Waals surface area contributed by atoms with E-state index in [0.717, 1.165) is 12.1 Å². The fraction of sp³-hybridized carbons (Fsp3) is 0.350. The van der Waals surface area contributed by atoms with Gasteiger partial charge in [0.1, 0.15) is 23.5 Å². The first-order valence-electron chi connectivity index (χ1n) is 8.85. The molecule has 0 spiro atoms. The van der Waals surface area contributed by atoms with Gasteiger partial charge in [-0.25, -0.2) is 13.2 Å². The Bertz CT molecular complexity index is 857. The van der Waals surface area contributed by atoms with Crippen molar-refractivity contribution >= 4 is 21.8 Å². The smallest absolute Gasteiger partial charge is 0.263 e. The number of carbonyl (C=O) groups is 1. The molecule has 1 unspecified atom stereocenters. The average molecular weight is 458 g/mol. The van der Waals surface area contributed by atoms with Crippen LogP contribution in [-0.2, 0) is 4.79 Å². The molecule has 0 aromatic heterocycles. The molecule has 1 amide bonds. The Morgan fingerprint density at radius 1 is 1.07 bits per heavy atom. The number of halogens is 4. The van der Waals surface area contributed by atoms with Crippen molar-refractivity contribution in [2.45, 2.75) is 32.0 Å². The van der Waals surface area contributed by atoms with Crippen molar-refractivity contribution in [2.75, 3.05) is 13.1 Å². The third kappa shape index (κ3) is 4.98. The summed E-state index contributed by atoms with van der Waals surface area (Å²) in [5.41, 5.74) is 0. The summed E-state index contributed by atoms with van der Waals surface area (Å²) in [7, 11) is 0. The van der Waals surface area contributed by atoms with E-state index in [9.17, 15) is 18.0 Å². The predicted molar refractivity (Wildman–Crippen MR) is 101 cm³/mol. The molecule has 1 fully saturated rings. The van der Waals surface area contributed by atoms with Crippen molar-refractivity contribution in [1.29, 1.82) is 0 Å². The molecule has 1 atom stereocenters. The second-order valence-corrected chi connectivity index (χ2v) is 7.41. The molecule has 1 aliphatic heterocycles. The maximum absolute atomic E-state index is 13.7. The summed E-state index contributed by atoms with van der Waals surface area (Å²) in [6.45, 7) is 2.50. The van der Waals surface area contributed by atoms with Gasteiger partial charge in [0.2, 0.25) is 0 Å². The van der Waals surface area contributed by atoms with E-state index < -0.39 is 23.6 Å². The first-order valence-corrected chi connectivity index (χ1v) is 9.65. The van der Waals surface area contributed by atoms with Crippen LogP contribution in [0.5, 0.6) is 11.5 Å². The number of rotatable bonds is 5. The van der Waals surface area contributed by atoms with E-state index in [1.54, 1.807) is 11.8 Å². The number of likely N-dealkylation sites (tertiary alicyclic amines) is 1. The van der Waals surface area contributed by atoms with Crippen molar-refractivity contribution in [1.82, 2.24) is 4.90 Å². The SMILES string of the molecule is CC(Oc1ccc(F)cc1Br)C(=O)N1CCC(Oc2ccc(F)cc2F)CC1. The van der Waals surface area contributed by atoms with Gasteiger partial charge in [0.25, 0.3) is 5.91 Å². The van der Waals surface area contributed by atoms with E-state index in [1.807, 2.05) is 0 Å². The van der Waals surface area contributed by atoms with Gasteiger partial charge in [0, 0.05) is 32.0 Å². The molecule has 0 saturated carbocycles. The van der Waals surface area contributed by atoms with Gasteiger partial charge in [-0.15, -0.1) is 0 Å². The number of ether oxygens (including phenoxy) is 2. The maximum Gasteiger partial charge on any atom is 0.263 e. The minimum absolute atomic E-state index is 0.00374. The van der Waals surface area contributed by atoms with Crippen LogP contribution in [0.25, 0.3) is 0 Å². The molecule has 3 rings (SSSR count). The van der Waals surface area contributed by atoms with Crippen LogP contribution in [0, 0.1) is 17.5 Å². The van der Waals surface area contributed by atoms with E-state index in [2.05, 4.69) is 15.9 Å². The highest BCUT2D eigenvalue weighted by Crippen LogP contribution is 2.27. The van der Waals surface area contributed by atoms with Crippen LogP contribution in [-0.4, -0.2) is 36.1 Å². The van der Waals surface area contributed by atoms with Gasteiger partial charge in [-0.3, -0.25) is 4.79 Å². The van der Waals surface area contributed by atoms with E-state index in [1.165, 1.54) is 24.3 Å². The quantitative estimate of drug-likeness (QED) is 0.652.